The molecule has 0 spiro atoms. The van der Waals surface area contributed by atoms with E-state index in [-0.39, 0.29) is 11.1 Å². The van der Waals surface area contributed by atoms with Crippen molar-refractivity contribution in [3.63, 3.8) is 0 Å². The van der Waals surface area contributed by atoms with Gasteiger partial charge < -0.3 is 0 Å². The van der Waals surface area contributed by atoms with Crippen LogP contribution >= 0.6 is 0 Å². The van der Waals surface area contributed by atoms with Crippen LogP contribution in [0.3, 0.4) is 0 Å². The number of allylic oxidation sites excluding steroid dienone is 1. The second-order valence-corrected chi connectivity index (χ2v) is 6.16. The molecule has 0 amide bonds. The van der Waals surface area contributed by atoms with Crippen LogP contribution < -0.4 is 0 Å². The van der Waals surface area contributed by atoms with E-state index in [4.69, 9.17) is 0 Å². The molecule has 3 aromatic rings. The van der Waals surface area contributed by atoms with Gasteiger partial charge in [0.25, 0.3) is 6.43 Å². The first kappa shape index (κ1) is 19.7. The van der Waals surface area contributed by atoms with Crippen molar-refractivity contribution in [1.82, 2.24) is 0 Å². The fraction of sp³-hybridized carbons (Fsp3) is 0.0909. The largest absolute Gasteiger partial charge is 0.269 e. The van der Waals surface area contributed by atoms with Gasteiger partial charge in [0, 0.05) is 5.56 Å². The van der Waals surface area contributed by atoms with Crippen LogP contribution in [0.2, 0.25) is 0 Å². The Hall–Kier alpha value is -3.02. The van der Waals surface area contributed by atoms with Crippen LogP contribution in [0.1, 0.15) is 24.5 Å². The topological polar surface area (TPSA) is 0 Å². The zero-order chi connectivity index (χ0) is 20.4. The lowest BCUT2D eigenvalue weighted by Gasteiger charge is -2.09. The van der Waals surface area contributed by atoms with E-state index < -0.39 is 35.3 Å². The number of alkyl halides is 2. The van der Waals surface area contributed by atoms with Gasteiger partial charge in [-0.2, -0.15) is 0 Å². The first-order chi connectivity index (χ1) is 13.3. The summed E-state index contributed by atoms with van der Waals surface area (Å²) in [6.45, 7) is 1.03. The number of halogens is 6. The molecule has 0 bridgehead atoms. The normalized spacial score (nSPS) is 12.3. The average molecular weight is 392 g/mol. The van der Waals surface area contributed by atoms with Crippen molar-refractivity contribution in [3.8, 4) is 22.3 Å². The number of rotatable bonds is 4. The summed E-state index contributed by atoms with van der Waals surface area (Å²) in [5, 5.41) is 0. The van der Waals surface area contributed by atoms with Crippen molar-refractivity contribution in [2.75, 3.05) is 0 Å². The summed E-state index contributed by atoms with van der Waals surface area (Å²) in [6, 6.07) is 14.4. The summed E-state index contributed by atoms with van der Waals surface area (Å²) in [5.41, 5.74) is 0.912. The van der Waals surface area contributed by atoms with Gasteiger partial charge >= 0.3 is 0 Å². The summed E-state index contributed by atoms with van der Waals surface area (Å²) < 4.78 is 79.4. The van der Waals surface area contributed by atoms with E-state index in [1.54, 1.807) is 36.4 Å². The molecule has 0 aromatic heterocycles. The van der Waals surface area contributed by atoms with E-state index in [0.29, 0.717) is 5.56 Å². The summed E-state index contributed by atoms with van der Waals surface area (Å²) in [5.74, 6) is -4.45. The second-order valence-electron chi connectivity index (χ2n) is 6.16. The fourth-order valence-electron chi connectivity index (χ4n) is 2.82. The maximum Gasteiger partial charge on any atom is 0.269 e. The highest BCUT2D eigenvalue weighted by Gasteiger charge is 2.20. The third-order valence-corrected chi connectivity index (χ3v) is 4.29. The van der Waals surface area contributed by atoms with E-state index in [1.807, 2.05) is 0 Å². The molecular weight excluding hydrogens is 378 g/mol. The molecule has 6 heteroatoms. The van der Waals surface area contributed by atoms with Crippen molar-refractivity contribution >= 4 is 5.83 Å². The predicted molar refractivity (Wildman–Crippen MR) is 97.0 cm³/mol. The Labute approximate surface area is 157 Å². The third-order valence-electron chi connectivity index (χ3n) is 4.29. The van der Waals surface area contributed by atoms with E-state index in [1.165, 1.54) is 12.1 Å². The standard InChI is InChI=1S/C22H14F6/c1-12(23)21(26)16-8-6-14(7-9-16)13-2-4-15(5-3-13)17-10-18(24)20(22(27)28)19(25)11-17/h2-11,22H,1H3. The molecule has 0 nitrogen and oxygen atoms in total. The lowest BCUT2D eigenvalue weighted by Crippen LogP contribution is -1.97. The Kier molecular flexibility index (Phi) is 5.58. The summed E-state index contributed by atoms with van der Waals surface area (Å²) in [6.07, 6.45) is -3.24. The van der Waals surface area contributed by atoms with Gasteiger partial charge in [-0.25, -0.2) is 26.3 Å². The minimum absolute atomic E-state index is 0.116. The van der Waals surface area contributed by atoms with E-state index in [9.17, 15) is 26.3 Å². The van der Waals surface area contributed by atoms with Crippen LogP contribution in [0.15, 0.2) is 66.5 Å². The Morgan fingerprint density at radius 2 is 1.07 bits per heavy atom. The molecule has 3 aromatic carbocycles. The van der Waals surface area contributed by atoms with Crippen molar-refractivity contribution in [2.45, 2.75) is 13.3 Å². The highest BCUT2D eigenvalue weighted by atomic mass is 19.3. The minimum atomic E-state index is -3.24. The van der Waals surface area contributed by atoms with Gasteiger partial charge in [-0.05, 0) is 41.3 Å². The highest BCUT2D eigenvalue weighted by molar-refractivity contribution is 5.72. The SMILES string of the molecule is CC(F)=C(F)c1ccc(-c2ccc(-c3cc(F)c(C(F)F)c(F)c3)cc2)cc1. The minimum Gasteiger partial charge on any atom is -0.209 e. The lowest BCUT2D eigenvalue weighted by molar-refractivity contribution is 0.141. The third kappa shape index (κ3) is 3.96. The monoisotopic (exact) mass is 392 g/mol. The molecule has 0 aliphatic carbocycles. The predicted octanol–water partition coefficient (Wildman–Crippen LogP) is 7.86. The number of benzene rings is 3. The second kappa shape index (κ2) is 7.92. The van der Waals surface area contributed by atoms with Gasteiger partial charge in [0.15, 0.2) is 5.83 Å². The molecule has 0 heterocycles. The van der Waals surface area contributed by atoms with E-state index >= 15 is 0 Å². The van der Waals surface area contributed by atoms with Crippen molar-refractivity contribution in [1.29, 1.82) is 0 Å². The Morgan fingerprint density at radius 1 is 0.679 bits per heavy atom. The zero-order valence-corrected chi connectivity index (χ0v) is 14.6. The van der Waals surface area contributed by atoms with Gasteiger partial charge in [-0.15, -0.1) is 0 Å². The molecule has 3 rings (SSSR count). The molecule has 0 unspecified atom stereocenters. The molecule has 0 saturated carbocycles. The van der Waals surface area contributed by atoms with Crippen LogP contribution in [0.4, 0.5) is 26.3 Å². The van der Waals surface area contributed by atoms with Crippen LogP contribution in [-0.4, -0.2) is 0 Å². The molecule has 0 aliphatic heterocycles. The van der Waals surface area contributed by atoms with E-state index in [2.05, 4.69) is 0 Å². The lowest BCUT2D eigenvalue weighted by atomic mass is 9.98. The quantitative estimate of drug-likeness (QED) is 0.396. The molecule has 28 heavy (non-hydrogen) atoms. The van der Waals surface area contributed by atoms with Crippen LogP contribution in [0.5, 0.6) is 0 Å². The Balaban J connectivity index is 1.89. The maximum absolute atomic E-state index is 13.8. The highest BCUT2D eigenvalue weighted by Crippen LogP contribution is 2.32. The first-order valence-corrected chi connectivity index (χ1v) is 8.28. The molecule has 0 N–H and O–H groups in total. The van der Waals surface area contributed by atoms with Gasteiger partial charge in [-0.3, -0.25) is 0 Å². The Morgan fingerprint density at radius 3 is 1.46 bits per heavy atom. The molecule has 0 saturated heterocycles. The van der Waals surface area contributed by atoms with Crippen molar-refractivity contribution in [2.24, 2.45) is 0 Å². The van der Waals surface area contributed by atoms with Crippen molar-refractivity contribution in [3.05, 3.63) is 89.3 Å². The molecule has 0 radical (unpaired) electrons. The van der Waals surface area contributed by atoms with Gasteiger partial charge in [0.05, 0.1) is 5.56 Å². The smallest absolute Gasteiger partial charge is 0.209 e. The maximum atomic E-state index is 13.8. The fourth-order valence-corrected chi connectivity index (χ4v) is 2.82. The summed E-state index contributed by atoms with van der Waals surface area (Å²) >= 11 is 0. The summed E-state index contributed by atoms with van der Waals surface area (Å²) in [7, 11) is 0. The molecular formula is C22H14F6. The van der Waals surface area contributed by atoms with Gasteiger partial charge in [-0.1, -0.05) is 48.5 Å². The molecule has 0 atom stereocenters. The Bertz CT molecular complexity index is 991. The van der Waals surface area contributed by atoms with Crippen LogP contribution in [0.25, 0.3) is 28.1 Å². The van der Waals surface area contributed by atoms with Gasteiger partial charge in [0.1, 0.15) is 17.5 Å². The molecule has 144 valence electrons. The average Bonchev–Trinajstić information content (AvgIpc) is 2.66. The molecule has 0 fully saturated rings. The number of hydrogen-bond donors (Lipinski definition) is 0. The zero-order valence-electron chi connectivity index (χ0n) is 14.6. The van der Waals surface area contributed by atoms with E-state index in [0.717, 1.165) is 30.2 Å². The van der Waals surface area contributed by atoms with Crippen molar-refractivity contribution < 1.29 is 26.3 Å². The van der Waals surface area contributed by atoms with Crippen LogP contribution in [0, 0.1) is 11.6 Å². The molecule has 0 aliphatic rings. The summed E-state index contributed by atoms with van der Waals surface area (Å²) in [4.78, 5) is 0. The van der Waals surface area contributed by atoms with Gasteiger partial charge in [0.2, 0.25) is 0 Å². The first-order valence-electron chi connectivity index (χ1n) is 8.28. The number of hydrogen-bond acceptors (Lipinski definition) is 0. The van der Waals surface area contributed by atoms with Crippen LogP contribution in [-0.2, 0) is 0 Å².